The Hall–Kier alpha value is -1.34. The van der Waals surface area contributed by atoms with Gasteiger partial charge in [-0.3, -0.25) is 4.84 Å². The minimum Gasteiger partial charge on any atom is -0.277 e. The molecule has 1 rings (SSSR count). The highest BCUT2D eigenvalue weighted by Crippen LogP contribution is 2.08. The van der Waals surface area contributed by atoms with E-state index in [0.717, 1.165) is 0 Å². The lowest BCUT2D eigenvalue weighted by molar-refractivity contribution is -0.799. The van der Waals surface area contributed by atoms with E-state index in [-0.39, 0.29) is 6.04 Å². The summed E-state index contributed by atoms with van der Waals surface area (Å²) in [4.78, 5) is 15.7. The van der Waals surface area contributed by atoms with Crippen molar-refractivity contribution in [3.05, 3.63) is 17.7 Å². The van der Waals surface area contributed by atoms with Crippen molar-refractivity contribution in [1.29, 1.82) is 0 Å². The number of hydrogen-bond acceptors (Lipinski definition) is 2. The van der Waals surface area contributed by atoms with Gasteiger partial charge in [0, 0.05) is 13.0 Å². The maximum absolute atomic E-state index is 10.4. The molecule has 1 aliphatic rings. The summed E-state index contributed by atoms with van der Waals surface area (Å²) >= 11 is 0. The van der Waals surface area contributed by atoms with Gasteiger partial charge in [-0.25, -0.2) is 4.79 Å². The predicted molar refractivity (Wildman–Crippen MR) is 45.8 cm³/mol. The molecule has 0 aromatic heterocycles. The summed E-state index contributed by atoms with van der Waals surface area (Å²) in [6.45, 7) is 4.40. The van der Waals surface area contributed by atoms with Gasteiger partial charge in [-0.2, -0.15) is 0 Å². The highest BCUT2D eigenvalue weighted by molar-refractivity contribution is 5.72. The van der Waals surface area contributed by atoms with Crippen LogP contribution >= 0.6 is 0 Å². The van der Waals surface area contributed by atoms with E-state index in [9.17, 15) is 4.79 Å². The standard InChI is InChI=1S/C9H12NO2/c1-3-12-10-6-4-5-9(7-11)8(10)2/h4-6,8H,3H2,1-2H3/q+1. The molecule has 0 aromatic rings. The van der Waals surface area contributed by atoms with Crippen LogP contribution in [-0.4, -0.2) is 29.5 Å². The Balaban J connectivity index is 2.83. The summed E-state index contributed by atoms with van der Waals surface area (Å²) in [6.07, 6.45) is 5.32. The molecule has 64 valence electrons. The Kier molecular flexibility index (Phi) is 2.83. The number of carbonyl (C=O) groups excluding carboxylic acids is 1. The lowest BCUT2D eigenvalue weighted by Crippen LogP contribution is -2.28. The third-order valence-electron chi connectivity index (χ3n) is 1.74. The lowest BCUT2D eigenvalue weighted by atomic mass is 10.1. The number of hydrogen-bond donors (Lipinski definition) is 0. The zero-order chi connectivity index (χ0) is 8.97. The van der Waals surface area contributed by atoms with Crippen LogP contribution in [0.15, 0.2) is 17.7 Å². The highest BCUT2D eigenvalue weighted by atomic mass is 16.7. The van der Waals surface area contributed by atoms with E-state index < -0.39 is 0 Å². The van der Waals surface area contributed by atoms with E-state index in [1.807, 2.05) is 19.8 Å². The molecule has 12 heavy (non-hydrogen) atoms. The molecule has 0 radical (unpaired) electrons. The predicted octanol–water partition coefficient (Wildman–Crippen LogP) is 0.737. The molecular formula is C9H12NO2+. The van der Waals surface area contributed by atoms with Gasteiger partial charge in [-0.1, -0.05) is 0 Å². The van der Waals surface area contributed by atoms with Gasteiger partial charge in [0.05, 0.1) is 0 Å². The van der Waals surface area contributed by atoms with Crippen molar-refractivity contribution in [2.75, 3.05) is 6.61 Å². The second-order valence-electron chi connectivity index (χ2n) is 2.52. The molecule has 0 amide bonds. The summed E-state index contributed by atoms with van der Waals surface area (Å²) in [5, 5.41) is 0. The highest BCUT2D eigenvalue weighted by Gasteiger charge is 2.23. The Bertz CT molecular complexity index is 272. The second kappa shape index (κ2) is 3.88. The molecule has 1 heterocycles. The first-order valence-corrected chi connectivity index (χ1v) is 3.97. The molecule has 0 N–H and O–H groups in total. The number of nitrogens with zero attached hydrogens (tertiary/aromatic N) is 1. The zero-order valence-electron chi connectivity index (χ0n) is 7.28. The van der Waals surface area contributed by atoms with E-state index >= 15 is 0 Å². The molecule has 1 aliphatic heterocycles. The lowest BCUT2D eigenvalue weighted by Gasteiger charge is -2.09. The van der Waals surface area contributed by atoms with Crippen LogP contribution in [0.4, 0.5) is 0 Å². The van der Waals surface area contributed by atoms with E-state index in [1.165, 1.54) is 0 Å². The maximum Gasteiger partial charge on any atom is 0.234 e. The van der Waals surface area contributed by atoms with Crippen LogP contribution in [0.2, 0.25) is 0 Å². The van der Waals surface area contributed by atoms with Crippen LogP contribution in [0, 0.1) is 0 Å². The molecular weight excluding hydrogens is 154 g/mol. The van der Waals surface area contributed by atoms with Crippen molar-refractivity contribution in [2.45, 2.75) is 19.9 Å². The quantitative estimate of drug-likeness (QED) is 0.447. The van der Waals surface area contributed by atoms with E-state index in [2.05, 4.69) is 0 Å². The Labute approximate surface area is 71.6 Å². The fourth-order valence-electron chi connectivity index (χ4n) is 1.06. The van der Waals surface area contributed by atoms with Crippen LogP contribution in [-0.2, 0) is 9.63 Å². The number of allylic oxidation sites excluding steroid dienone is 1. The van der Waals surface area contributed by atoms with Crippen molar-refractivity contribution in [3.8, 4) is 0 Å². The maximum atomic E-state index is 10.4. The smallest absolute Gasteiger partial charge is 0.234 e. The van der Waals surface area contributed by atoms with Gasteiger partial charge in [0.25, 0.3) is 0 Å². The van der Waals surface area contributed by atoms with Crippen molar-refractivity contribution in [2.24, 2.45) is 0 Å². The van der Waals surface area contributed by atoms with Crippen molar-refractivity contribution >= 4 is 12.2 Å². The van der Waals surface area contributed by atoms with Crippen molar-refractivity contribution in [1.82, 2.24) is 0 Å². The van der Waals surface area contributed by atoms with Crippen LogP contribution in [0.5, 0.6) is 0 Å². The molecule has 0 spiro atoms. The molecule has 1 atom stereocenters. The van der Waals surface area contributed by atoms with Crippen LogP contribution in [0.3, 0.4) is 0 Å². The van der Waals surface area contributed by atoms with Crippen LogP contribution in [0.25, 0.3) is 0 Å². The molecule has 0 aromatic carbocycles. The van der Waals surface area contributed by atoms with Gasteiger partial charge in [0.1, 0.15) is 11.5 Å². The molecule has 0 saturated carbocycles. The minimum absolute atomic E-state index is 0.0348. The number of hydroxylamine groups is 1. The second-order valence-corrected chi connectivity index (χ2v) is 2.52. The number of rotatable bonds is 2. The minimum atomic E-state index is -0.0348. The molecule has 3 nitrogen and oxygen atoms in total. The average Bonchev–Trinajstić information content (AvgIpc) is 2.09. The summed E-state index contributed by atoms with van der Waals surface area (Å²) in [5.41, 5.74) is 0.617. The Morgan fingerprint density at radius 2 is 2.50 bits per heavy atom. The molecule has 3 heteroatoms. The van der Waals surface area contributed by atoms with Gasteiger partial charge < -0.3 is 0 Å². The van der Waals surface area contributed by atoms with Crippen LogP contribution < -0.4 is 0 Å². The van der Waals surface area contributed by atoms with Gasteiger partial charge in [-0.05, 0) is 17.7 Å². The van der Waals surface area contributed by atoms with Gasteiger partial charge in [0.2, 0.25) is 12.3 Å². The summed E-state index contributed by atoms with van der Waals surface area (Å²) < 4.78 is 1.65. The third kappa shape index (κ3) is 1.63. The average molecular weight is 166 g/mol. The largest absolute Gasteiger partial charge is 0.277 e. The van der Waals surface area contributed by atoms with Gasteiger partial charge >= 0.3 is 0 Å². The molecule has 1 unspecified atom stereocenters. The normalized spacial score (nSPS) is 21.7. The molecule has 0 bridgehead atoms. The summed E-state index contributed by atoms with van der Waals surface area (Å²) in [7, 11) is 0. The monoisotopic (exact) mass is 166 g/mol. The van der Waals surface area contributed by atoms with Crippen molar-refractivity contribution in [3.63, 3.8) is 0 Å². The molecule has 0 saturated heterocycles. The first kappa shape index (κ1) is 8.75. The van der Waals surface area contributed by atoms with E-state index in [0.29, 0.717) is 12.2 Å². The van der Waals surface area contributed by atoms with Crippen molar-refractivity contribution < 1.29 is 14.4 Å². The third-order valence-corrected chi connectivity index (χ3v) is 1.74. The topological polar surface area (TPSA) is 29.3 Å². The Morgan fingerprint density at radius 3 is 3.08 bits per heavy atom. The Morgan fingerprint density at radius 1 is 1.75 bits per heavy atom. The van der Waals surface area contributed by atoms with Gasteiger partial charge in [-0.15, -0.1) is 0 Å². The molecule has 0 aliphatic carbocycles. The van der Waals surface area contributed by atoms with Crippen LogP contribution in [0.1, 0.15) is 13.8 Å². The molecule has 0 fully saturated rings. The first-order chi connectivity index (χ1) is 5.79. The fraction of sp³-hybridized carbons (Fsp3) is 0.444. The van der Waals surface area contributed by atoms with E-state index in [1.54, 1.807) is 23.1 Å². The zero-order valence-corrected chi connectivity index (χ0v) is 7.28. The summed E-state index contributed by atoms with van der Waals surface area (Å²) in [5.74, 6) is 1.88. The first-order valence-electron chi connectivity index (χ1n) is 3.97. The van der Waals surface area contributed by atoms with Gasteiger partial charge in [0.15, 0.2) is 6.61 Å². The SMILES string of the molecule is CCO[N+]1=CC=CC(=C=O)C1C. The fourth-order valence-corrected chi connectivity index (χ4v) is 1.06. The van der Waals surface area contributed by atoms with E-state index in [4.69, 9.17) is 4.84 Å². The summed E-state index contributed by atoms with van der Waals surface area (Å²) in [6, 6.07) is -0.0348.